The SMILES string of the molecule is CNC(=O)c1ncn(C2CCC(C(=O)Nc3ccc(F)cc3Cl)CC2)c1C(N)=O. The van der Waals surface area contributed by atoms with Crippen molar-refractivity contribution in [1.29, 1.82) is 0 Å². The van der Waals surface area contributed by atoms with Gasteiger partial charge < -0.3 is 20.9 Å². The fraction of sp³-hybridized carbons (Fsp3) is 0.368. The van der Waals surface area contributed by atoms with Crippen molar-refractivity contribution in [1.82, 2.24) is 14.9 Å². The van der Waals surface area contributed by atoms with Gasteiger partial charge in [-0.15, -0.1) is 0 Å². The van der Waals surface area contributed by atoms with Crippen molar-refractivity contribution in [3.05, 3.63) is 46.8 Å². The number of benzene rings is 1. The minimum atomic E-state index is -0.730. The molecule has 0 spiro atoms. The Morgan fingerprint density at radius 2 is 1.93 bits per heavy atom. The lowest BCUT2D eigenvalue weighted by Gasteiger charge is -2.29. The number of aromatic nitrogens is 2. The van der Waals surface area contributed by atoms with Crippen LogP contribution in [0.4, 0.5) is 10.1 Å². The summed E-state index contributed by atoms with van der Waals surface area (Å²) in [6, 6.07) is 3.70. The van der Waals surface area contributed by atoms with Crippen LogP contribution in [-0.4, -0.2) is 34.3 Å². The van der Waals surface area contributed by atoms with Crippen molar-refractivity contribution in [2.75, 3.05) is 12.4 Å². The third-order valence-corrected chi connectivity index (χ3v) is 5.43. The summed E-state index contributed by atoms with van der Waals surface area (Å²) in [4.78, 5) is 40.4. The second-order valence-corrected chi connectivity index (χ2v) is 7.32. The average Bonchev–Trinajstić information content (AvgIpc) is 3.15. The molecule has 4 N–H and O–H groups in total. The predicted octanol–water partition coefficient (Wildman–Crippen LogP) is 2.50. The first-order valence-corrected chi connectivity index (χ1v) is 9.54. The maximum Gasteiger partial charge on any atom is 0.272 e. The van der Waals surface area contributed by atoms with Gasteiger partial charge in [0.15, 0.2) is 5.69 Å². The summed E-state index contributed by atoms with van der Waals surface area (Å²) in [6.07, 6.45) is 3.80. The van der Waals surface area contributed by atoms with E-state index in [9.17, 15) is 18.8 Å². The summed E-state index contributed by atoms with van der Waals surface area (Å²) >= 11 is 5.96. The molecular weight excluding hydrogens is 401 g/mol. The highest BCUT2D eigenvalue weighted by atomic mass is 35.5. The maximum atomic E-state index is 13.1. The third kappa shape index (κ3) is 4.40. The molecule has 0 atom stereocenters. The Morgan fingerprint density at radius 1 is 1.24 bits per heavy atom. The quantitative estimate of drug-likeness (QED) is 0.687. The van der Waals surface area contributed by atoms with Gasteiger partial charge in [-0.3, -0.25) is 14.4 Å². The molecule has 0 radical (unpaired) electrons. The molecule has 0 bridgehead atoms. The number of carbonyl (C=O) groups is 3. The molecule has 29 heavy (non-hydrogen) atoms. The Morgan fingerprint density at radius 3 is 2.52 bits per heavy atom. The molecule has 1 saturated carbocycles. The fourth-order valence-electron chi connectivity index (χ4n) is 3.61. The Bertz CT molecular complexity index is 953. The van der Waals surface area contributed by atoms with Gasteiger partial charge in [0.25, 0.3) is 11.8 Å². The zero-order chi connectivity index (χ0) is 21.1. The van der Waals surface area contributed by atoms with Crippen molar-refractivity contribution < 1.29 is 18.8 Å². The minimum absolute atomic E-state index is 0.00850. The summed E-state index contributed by atoms with van der Waals surface area (Å²) in [5.74, 6) is -2.13. The van der Waals surface area contributed by atoms with Gasteiger partial charge in [-0.05, 0) is 43.9 Å². The number of carbonyl (C=O) groups excluding carboxylic acids is 3. The molecule has 3 amide bonds. The molecule has 1 heterocycles. The summed E-state index contributed by atoms with van der Waals surface area (Å²) in [6.45, 7) is 0. The van der Waals surface area contributed by atoms with Gasteiger partial charge in [-0.1, -0.05) is 11.6 Å². The highest BCUT2D eigenvalue weighted by molar-refractivity contribution is 6.33. The Kier molecular flexibility index (Phi) is 6.17. The molecule has 3 rings (SSSR count). The Balaban J connectivity index is 1.67. The number of nitrogens with one attached hydrogen (secondary N) is 2. The van der Waals surface area contributed by atoms with Gasteiger partial charge in [-0.2, -0.15) is 0 Å². The largest absolute Gasteiger partial charge is 0.364 e. The molecule has 10 heteroatoms. The molecule has 1 fully saturated rings. The number of halogens is 2. The van der Waals surface area contributed by atoms with Crippen molar-refractivity contribution in [3.63, 3.8) is 0 Å². The second kappa shape index (κ2) is 8.60. The third-order valence-electron chi connectivity index (χ3n) is 5.12. The Labute approximate surface area is 171 Å². The topological polar surface area (TPSA) is 119 Å². The Hall–Kier alpha value is -2.94. The van der Waals surface area contributed by atoms with E-state index in [2.05, 4.69) is 15.6 Å². The van der Waals surface area contributed by atoms with E-state index in [-0.39, 0.29) is 34.3 Å². The number of nitrogens with zero attached hydrogens (tertiary/aromatic N) is 2. The maximum absolute atomic E-state index is 13.1. The standard InChI is InChI=1S/C19H21ClFN5O3/c1-23-19(29)15-16(17(22)27)26(9-24-15)12-5-2-10(3-6-12)18(28)25-14-7-4-11(21)8-13(14)20/h4,7-10,12H,2-3,5-6H2,1H3,(H2,22,27)(H,23,29)(H,25,28). The highest BCUT2D eigenvalue weighted by Crippen LogP contribution is 2.34. The second-order valence-electron chi connectivity index (χ2n) is 6.91. The van der Waals surface area contributed by atoms with Crippen LogP contribution < -0.4 is 16.4 Å². The van der Waals surface area contributed by atoms with Gasteiger partial charge in [0.05, 0.1) is 17.0 Å². The lowest BCUT2D eigenvalue weighted by molar-refractivity contribution is -0.121. The first kappa shape index (κ1) is 20.8. The van der Waals surface area contributed by atoms with Crippen LogP contribution in [0.25, 0.3) is 0 Å². The number of hydrogen-bond donors (Lipinski definition) is 3. The predicted molar refractivity (Wildman–Crippen MR) is 105 cm³/mol. The molecule has 1 aliphatic rings. The lowest BCUT2D eigenvalue weighted by Crippen LogP contribution is -2.30. The monoisotopic (exact) mass is 421 g/mol. The number of nitrogens with two attached hydrogens (primary N) is 1. The van der Waals surface area contributed by atoms with Crippen molar-refractivity contribution in [2.24, 2.45) is 11.7 Å². The fourth-order valence-corrected chi connectivity index (χ4v) is 3.82. The number of primary amides is 1. The highest BCUT2D eigenvalue weighted by Gasteiger charge is 2.31. The zero-order valence-corrected chi connectivity index (χ0v) is 16.5. The van der Waals surface area contributed by atoms with Gasteiger partial charge in [-0.25, -0.2) is 9.37 Å². The van der Waals surface area contributed by atoms with Crippen LogP contribution in [0.1, 0.15) is 52.7 Å². The number of hydrogen-bond acceptors (Lipinski definition) is 4. The molecule has 1 aliphatic carbocycles. The van der Waals surface area contributed by atoms with Crippen LogP contribution >= 0.6 is 11.6 Å². The van der Waals surface area contributed by atoms with E-state index < -0.39 is 17.6 Å². The summed E-state index contributed by atoms with van der Waals surface area (Å²) < 4.78 is 14.8. The number of imidazole rings is 1. The van der Waals surface area contributed by atoms with Gasteiger partial charge >= 0.3 is 0 Å². The summed E-state index contributed by atoms with van der Waals surface area (Å²) in [5.41, 5.74) is 5.88. The number of anilines is 1. The van der Waals surface area contributed by atoms with E-state index in [1.807, 2.05) is 0 Å². The molecule has 154 valence electrons. The summed E-state index contributed by atoms with van der Waals surface area (Å²) in [7, 11) is 1.45. The van der Waals surface area contributed by atoms with E-state index in [1.54, 1.807) is 4.57 Å². The summed E-state index contributed by atoms with van der Waals surface area (Å²) in [5, 5.41) is 5.31. The number of amides is 3. The van der Waals surface area contributed by atoms with Gasteiger partial charge in [0, 0.05) is 19.0 Å². The molecular formula is C19H21ClFN5O3. The average molecular weight is 422 g/mol. The van der Waals surface area contributed by atoms with E-state index in [0.29, 0.717) is 31.4 Å². The molecule has 1 aromatic heterocycles. The smallest absolute Gasteiger partial charge is 0.272 e. The first-order chi connectivity index (χ1) is 13.8. The van der Waals surface area contributed by atoms with Crippen LogP contribution in [0, 0.1) is 11.7 Å². The van der Waals surface area contributed by atoms with E-state index in [4.69, 9.17) is 17.3 Å². The molecule has 0 aliphatic heterocycles. The minimum Gasteiger partial charge on any atom is -0.364 e. The van der Waals surface area contributed by atoms with Gasteiger partial charge in [0.1, 0.15) is 11.5 Å². The molecule has 8 nitrogen and oxygen atoms in total. The van der Waals surface area contributed by atoms with Crippen LogP contribution in [0.15, 0.2) is 24.5 Å². The van der Waals surface area contributed by atoms with E-state index in [0.717, 1.165) is 6.07 Å². The molecule has 1 aromatic carbocycles. The van der Waals surface area contributed by atoms with Crippen LogP contribution in [0.5, 0.6) is 0 Å². The van der Waals surface area contributed by atoms with E-state index in [1.165, 1.54) is 25.5 Å². The normalized spacial score (nSPS) is 18.9. The van der Waals surface area contributed by atoms with Crippen molar-refractivity contribution >= 4 is 35.0 Å². The van der Waals surface area contributed by atoms with E-state index >= 15 is 0 Å². The van der Waals surface area contributed by atoms with Crippen LogP contribution in [-0.2, 0) is 4.79 Å². The van der Waals surface area contributed by atoms with Crippen molar-refractivity contribution in [3.8, 4) is 0 Å². The van der Waals surface area contributed by atoms with Gasteiger partial charge in [0.2, 0.25) is 5.91 Å². The van der Waals surface area contributed by atoms with Crippen molar-refractivity contribution in [2.45, 2.75) is 31.7 Å². The van der Waals surface area contributed by atoms with Crippen LogP contribution in [0.2, 0.25) is 5.02 Å². The molecule has 0 unspecified atom stereocenters. The molecule has 0 saturated heterocycles. The first-order valence-electron chi connectivity index (χ1n) is 9.16. The molecule has 2 aromatic rings. The van der Waals surface area contributed by atoms with Crippen LogP contribution in [0.3, 0.4) is 0 Å². The lowest BCUT2D eigenvalue weighted by atomic mass is 9.85. The number of rotatable bonds is 5. The zero-order valence-electron chi connectivity index (χ0n) is 15.7.